The number of benzene rings is 1. The predicted octanol–water partition coefficient (Wildman–Crippen LogP) is 2.74. The molecule has 2 heterocycles. The molecule has 1 aliphatic heterocycles. The Morgan fingerprint density at radius 3 is 2.41 bits per heavy atom. The summed E-state index contributed by atoms with van der Waals surface area (Å²) in [5.74, 6) is -2.21. The number of nitrogens with one attached hydrogen (secondary N) is 2. The summed E-state index contributed by atoms with van der Waals surface area (Å²) >= 11 is 1.57. The number of likely N-dealkylation sites (tertiary alicyclic amines) is 1. The van der Waals surface area contributed by atoms with E-state index in [9.17, 15) is 24.3 Å². The van der Waals surface area contributed by atoms with Gasteiger partial charge in [0.25, 0.3) is 0 Å². The molecule has 212 valence electrons. The number of ether oxygens (including phenoxy) is 1. The molecule has 3 rings (SSSR count). The zero-order valence-electron chi connectivity index (χ0n) is 23.3. The molecule has 39 heavy (non-hydrogen) atoms. The maximum absolute atomic E-state index is 13.6. The number of thiazole rings is 1. The Bertz CT molecular complexity index is 1190. The summed E-state index contributed by atoms with van der Waals surface area (Å²) < 4.78 is 4.82. The van der Waals surface area contributed by atoms with Crippen LogP contribution < -0.4 is 10.6 Å². The van der Waals surface area contributed by atoms with Gasteiger partial charge in [-0.25, -0.2) is 4.98 Å². The highest BCUT2D eigenvalue weighted by Crippen LogP contribution is 2.29. The highest BCUT2D eigenvalue weighted by atomic mass is 32.1. The van der Waals surface area contributed by atoms with Gasteiger partial charge in [0, 0.05) is 13.0 Å². The van der Waals surface area contributed by atoms with E-state index in [4.69, 9.17) is 4.74 Å². The lowest BCUT2D eigenvalue weighted by molar-refractivity contribution is -0.148. The van der Waals surface area contributed by atoms with Crippen LogP contribution in [0.1, 0.15) is 64.8 Å². The number of aliphatic hydroxyl groups excluding tert-OH is 1. The molecular formula is C28H38N4O6S. The average molecular weight is 559 g/mol. The van der Waals surface area contributed by atoms with Gasteiger partial charge in [-0.15, -0.1) is 11.3 Å². The second-order valence-electron chi connectivity index (χ2n) is 10.9. The zero-order chi connectivity index (χ0) is 28.9. The number of carbonyl (C=O) groups excluding carboxylic acids is 4. The van der Waals surface area contributed by atoms with Crippen molar-refractivity contribution < 1.29 is 29.0 Å². The van der Waals surface area contributed by atoms with Crippen LogP contribution in [0.5, 0.6) is 0 Å². The van der Waals surface area contributed by atoms with Crippen LogP contribution in [0.25, 0.3) is 10.4 Å². The fraction of sp³-hybridized carbons (Fsp3) is 0.536. The van der Waals surface area contributed by atoms with Gasteiger partial charge in [-0.1, -0.05) is 45.0 Å². The normalized spacial score (nSPS) is 18.8. The third-order valence-electron chi connectivity index (χ3n) is 6.67. The van der Waals surface area contributed by atoms with Crippen molar-refractivity contribution in [2.45, 2.75) is 78.6 Å². The number of aryl methyl sites for hydroxylation is 1. The summed E-state index contributed by atoms with van der Waals surface area (Å²) in [6.07, 6.45) is -1.31. The van der Waals surface area contributed by atoms with Crippen molar-refractivity contribution in [2.24, 2.45) is 5.41 Å². The van der Waals surface area contributed by atoms with Crippen molar-refractivity contribution >= 4 is 35.0 Å². The molecule has 11 heteroatoms. The largest absolute Gasteiger partial charge is 0.466 e. The van der Waals surface area contributed by atoms with Crippen LogP contribution in [0.15, 0.2) is 29.8 Å². The first kappa shape index (κ1) is 30.2. The van der Waals surface area contributed by atoms with E-state index in [0.29, 0.717) is 0 Å². The van der Waals surface area contributed by atoms with Crippen LogP contribution in [0.4, 0.5) is 0 Å². The number of aliphatic hydroxyl groups is 1. The highest BCUT2D eigenvalue weighted by Gasteiger charge is 2.44. The van der Waals surface area contributed by atoms with Crippen LogP contribution in [-0.4, -0.2) is 70.0 Å². The Hall–Kier alpha value is -3.31. The van der Waals surface area contributed by atoms with Gasteiger partial charge >= 0.3 is 5.97 Å². The van der Waals surface area contributed by atoms with Gasteiger partial charge < -0.3 is 25.4 Å². The Kier molecular flexibility index (Phi) is 9.84. The lowest BCUT2D eigenvalue weighted by Gasteiger charge is -2.35. The van der Waals surface area contributed by atoms with Crippen LogP contribution in [0.2, 0.25) is 0 Å². The number of hydrogen-bond donors (Lipinski definition) is 3. The molecule has 2 aromatic rings. The van der Waals surface area contributed by atoms with Crippen LogP contribution in [-0.2, 0) is 23.9 Å². The quantitative estimate of drug-likeness (QED) is 0.318. The topological polar surface area (TPSA) is 138 Å². The van der Waals surface area contributed by atoms with Crippen LogP contribution >= 0.6 is 11.3 Å². The van der Waals surface area contributed by atoms with Gasteiger partial charge in [0.2, 0.25) is 17.7 Å². The van der Waals surface area contributed by atoms with Crippen molar-refractivity contribution in [1.82, 2.24) is 20.5 Å². The summed E-state index contributed by atoms with van der Waals surface area (Å²) in [7, 11) is 0. The number of amides is 3. The number of esters is 1. The minimum absolute atomic E-state index is 0.0332. The fourth-order valence-electron chi connectivity index (χ4n) is 4.57. The lowest BCUT2D eigenvalue weighted by Crippen LogP contribution is -2.58. The molecule has 1 aromatic heterocycles. The van der Waals surface area contributed by atoms with Crippen molar-refractivity contribution in [2.75, 3.05) is 13.2 Å². The highest BCUT2D eigenvalue weighted by molar-refractivity contribution is 7.13. The maximum atomic E-state index is 13.6. The Labute approximate surface area is 233 Å². The predicted molar refractivity (Wildman–Crippen MR) is 148 cm³/mol. The monoisotopic (exact) mass is 558 g/mol. The molecule has 4 atom stereocenters. The minimum Gasteiger partial charge on any atom is -0.466 e. The van der Waals surface area contributed by atoms with Crippen LogP contribution in [0, 0.1) is 12.3 Å². The average Bonchev–Trinajstić information content (AvgIpc) is 3.47. The van der Waals surface area contributed by atoms with Crippen molar-refractivity contribution in [1.29, 1.82) is 0 Å². The molecule has 1 saturated heterocycles. The molecule has 3 N–H and O–H groups in total. The second kappa shape index (κ2) is 12.7. The Balaban J connectivity index is 1.71. The summed E-state index contributed by atoms with van der Waals surface area (Å²) in [4.78, 5) is 57.9. The smallest absolute Gasteiger partial charge is 0.315 e. The number of hydrogen-bond acceptors (Lipinski definition) is 8. The summed E-state index contributed by atoms with van der Waals surface area (Å²) in [5.41, 5.74) is 3.99. The first-order valence-corrected chi connectivity index (χ1v) is 13.9. The van der Waals surface area contributed by atoms with E-state index in [-0.39, 0.29) is 31.5 Å². The zero-order valence-corrected chi connectivity index (χ0v) is 24.1. The van der Waals surface area contributed by atoms with E-state index in [1.807, 2.05) is 38.1 Å². The first-order chi connectivity index (χ1) is 18.3. The van der Waals surface area contributed by atoms with E-state index in [1.165, 1.54) is 4.90 Å². The van der Waals surface area contributed by atoms with E-state index in [2.05, 4.69) is 15.6 Å². The lowest BCUT2D eigenvalue weighted by atomic mass is 9.85. The number of aromatic nitrogens is 1. The summed E-state index contributed by atoms with van der Waals surface area (Å²) in [6, 6.07) is 5.61. The van der Waals surface area contributed by atoms with Crippen molar-refractivity contribution in [3.05, 3.63) is 41.0 Å². The van der Waals surface area contributed by atoms with Gasteiger partial charge in [-0.2, -0.15) is 0 Å². The summed E-state index contributed by atoms with van der Waals surface area (Å²) in [5, 5.41) is 16.0. The first-order valence-electron chi connectivity index (χ1n) is 13.1. The second-order valence-corrected chi connectivity index (χ2v) is 11.7. The van der Waals surface area contributed by atoms with Gasteiger partial charge in [-0.05, 0) is 37.3 Å². The molecule has 0 bridgehead atoms. The molecule has 0 aliphatic carbocycles. The SMILES string of the molecule is CCOC(=O)CC(=O)N[C@H](C(=O)N1C[C@H](O)C[C@H]1C(=O)N[C@@H](C)c1ccc(-c2scnc2C)cc1)C(C)(C)C. The molecule has 1 aliphatic rings. The summed E-state index contributed by atoms with van der Waals surface area (Å²) in [6.45, 7) is 10.9. The fourth-order valence-corrected chi connectivity index (χ4v) is 5.38. The minimum atomic E-state index is -1.01. The van der Waals surface area contributed by atoms with E-state index in [0.717, 1.165) is 21.7 Å². The Morgan fingerprint density at radius 2 is 1.85 bits per heavy atom. The number of carbonyl (C=O) groups is 4. The molecule has 0 radical (unpaired) electrons. The van der Waals surface area contributed by atoms with E-state index in [1.54, 1.807) is 44.5 Å². The van der Waals surface area contributed by atoms with Gasteiger partial charge in [0.1, 0.15) is 18.5 Å². The van der Waals surface area contributed by atoms with Gasteiger partial charge in [0.05, 0.1) is 34.8 Å². The molecule has 0 saturated carbocycles. The van der Waals surface area contributed by atoms with E-state index < -0.39 is 47.8 Å². The number of nitrogens with zero attached hydrogens (tertiary/aromatic N) is 2. The third kappa shape index (κ3) is 7.63. The van der Waals surface area contributed by atoms with E-state index >= 15 is 0 Å². The Morgan fingerprint density at radius 1 is 1.18 bits per heavy atom. The third-order valence-corrected chi connectivity index (χ3v) is 7.65. The standard InChI is InChI=1S/C28H38N4O6S/c1-7-38-23(35)13-22(34)31-25(28(4,5)6)27(37)32-14-20(33)12-21(32)26(36)30-16(2)18-8-10-19(11-9-18)24-17(3)29-15-39-24/h8-11,15-16,20-21,25,33H,7,12-14H2,1-6H3,(H,30,36)(H,31,34)/t16-,20+,21-,25+/m0/s1. The molecule has 1 aromatic carbocycles. The van der Waals surface area contributed by atoms with Gasteiger partial charge in [-0.3, -0.25) is 19.2 Å². The van der Waals surface area contributed by atoms with Crippen LogP contribution in [0.3, 0.4) is 0 Å². The van der Waals surface area contributed by atoms with Crippen molar-refractivity contribution in [3.8, 4) is 10.4 Å². The number of rotatable bonds is 9. The maximum Gasteiger partial charge on any atom is 0.315 e. The molecule has 1 fully saturated rings. The van der Waals surface area contributed by atoms with Crippen molar-refractivity contribution in [3.63, 3.8) is 0 Å². The van der Waals surface area contributed by atoms with Gasteiger partial charge in [0.15, 0.2) is 0 Å². The molecule has 0 unspecified atom stereocenters. The molecule has 3 amide bonds. The molecule has 0 spiro atoms. The molecular weight excluding hydrogens is 520 g/mol. The molecule has 10 nitrogen and oxygen atoms in total. The number of β-amino-alcohol motifs (C(OH)–C–C–N with tert-alkyl or cyclic N) is 1.